The molecule has 0 saturated carbocycles. The van der Waals surface area contributed by atoms with Crippen LogP contribution in [0.25, 0.3) is 0 Å². The summed E-state index contributed by atoms with van der Waals surface area (Å²) in [5, 5.41) is 0. The summed E-state index contributed by atoms with van der Waals surface area (Å²) in [6.07, 6.45) is 29.6. The molecule has 1 rings (SSSR count). The monoisotopic (exact) mass is 501 g/mol. The second kappa shape index (κ2) is 20.2. The van der Waals surface area contributed by atoms with Crippen molar-refractivity contribution in [3.63, 3.8) is 0 Å². The van der Waals surface area contributed by atoms with Crippen molar-refractivity contribution in [1.82, 2.24) is 0 Å². The van der Waals surface area contributed by atoms with Crippen LogP contribution in [-0.4, -0.2) is 25.1 Å². The second-order valence-corrected chi connectivity index (χ2v) is 12.7. The van der Waals surface area contributed by atoms with E-state index in [-0.39, 0.29) is 5.54 Å². The highest BCUT2D eigenvalue weighted by molar-refractivity contribution is 5.31. The third kappa shape index (κ3) is 13.6. The van der Waals surface area contributed by atoms with Crippen molar-refractivity contribution in [2.24, 2.45) is 0 Å². The summed E-state index contributed by atoms with van der Waals surface area (Å²) in [7, 11) is 4.92. The molecule has 0 aliphatic carbocycles. The van der Waals surface area contributed by atoms with Gasteiger partial charge in [-0.1, -0.05) is 147 Å². The van der Waals surface area contributed by atoms with Gasteiger partial charge in [0.1, 0.15) is 5.54 Å². The summed E-state index contributed by atoms with van der Waals surface area (Å²) in [6.45, 7) is 10.8. The van der Waals surface area contributed by atoms with E-state index in [1.165, 1.54) is 141 Å². The van der Waals surface area contributed by atoms with Crippen LogP contribution in [0.1, 0.15) is 167 Å². The van der Waals surface area contributed by atoms with Gasteiger partial charge in [0.2, 0.25) is 0 Å². The van der Waals surface area contributed by atoms with E-state index in [2.05, 4.69) is 66.1 Å². The Kier molecular flexibility index (Phi) is 18.6. The highest BCUT2D eigenvalue weighted by Crippen LogP contribution is 2.35. The average Bonchev–Trinajstić information content (AvgIpc) is 2.86. The number of hydrogen-bond acceptors (Lipinski definition) is 0. The Hall–Kier alpha value is -0.820. The smallest absolute Gasteiger partial charge is 0.119 e. The molecule has 0 unspecified atom stereocenters. The fraction of sp³-hybridized carbons (Fsp3) is 0.829. The van der Waals surface area contributed by atoms with Crippen molar-refractivity contribution in [3.05, 3.63) is 35.4 Å². The Morgan fingerprint density at radius 1 is 0.528 bits per heavy atom. The maximum absolute atomic E-state index is 2.48. The fourth-order valence-corrected chi connectivity index (χ4v) is 5.74. The molecular formula is C35H66N+. The lowest BCUT2D eigenvalue weighted by atomic mass is 9.84. The normalized spacial score (nSPS) is 12.4. The van der Waals surface area contributed by atoms with Crippen LogP contribution >= 0.6 is 0 Å². The van der Waals surface area contributed by atoms with Gasteiger partial charge in [-0.15, -0.1) is 0 Å². The third-order valence-corrected chi connectivity index (χ3v) is 9.06. The summed E-state index contributed by atoms with van der Waals surface area (Å²) in [5.41, 5.74) is 3.31. The Balaban J connectivity index is 2.28. The number of nitrogens with zero attached hydrogens (tertiary/aromatic N) is 1. The number of aryl methyl sites for hydroxylation is 1. The lowest BCUT2D eigenvalue weighted by Crippen LogP contribution is -2.54. The van der Waals surface area contributed by atoms with Crippen molar-refractivity contribution in [2.45, 2.75) is 168 Å². The molecule has 0 radical (unpaired) electrons. The molecule has 0 heterocycles. The van der Waals surface area contributed by atoms with Gasteiger partial charge in [-0.05, 0) is 45.1 Å². The quantitative estimate of drug-likeness (QED) is 0.0977. The topological polar surface area (TPSA) is 0 Å². The number of benzene rings is 1. The van der Waals surface area contributed by atoms with Crippen molar-refractivity contribution in [1.29, 1.82) is 0 Å². The molecule has 1 nitrogen and oxygen atoms in total. The summed E-state index contributed by atoms with van der Waals surface area (Å²) in [6, 6.07) is 9.32. The second-order valence-electron chi connectivity index (χ2n) is 12.7. The van der Waals surface area contributed by atoms with E-state index in [0.717, 1.165) is 4.48 Å². The van der Waals surface area contributed by atoms with Crippen LogP contribution in [0.15, 0.2) is 24.3 Å². The Labute approximate surface area is 228 Å². The molecule has 210 valence electrons. The summed E-state index contributed by atoms with van der Waals surface area (Å²) in [4.78, 5) is 0. The van der Waals surface area contributed by atoms with Crippen molar-refractivity contribution < 1.29 is 4.48 Å². The molecule has 0 saturated heterocycles. The first-order valence-corrected chi connectivity index (χ1v) is 16.3. The summed E-state index contributed by atoms with van der Waals surface area (Å²) < 4.78 is 1.08. The standard InChI is InChI=1S/C35H66N/c1-7-9-11-13-15-16-17-18-19-20-21-22-24-28-32-36(5,6)35(3,4)34-31-27-26-30-33(34)29-25-23-14-12-10-8-2/h26-27,30-31H,7-25,28-29,32H2,1-6H3/q+1. The molecule has 1 heteroatoms. The molecule has 0 N–H and O–H groups in total. The minimum Gasteiger partial charge on any atom is -0.320 e. The SMILES string of the molecule is CCCCCCCCCCCCCCCC[N+](C)(C)C(C)(C)c1ccccc1CCCCCCCC. The number of quaternary nitrogens is 1. The molecule has 1 aromatic carbocycles. The van der Waals surface area contributed by atoms with E-state index in [0.29, 0.717) is 0 Å². The van der Waals surface area contributed by atoms with Gasteiger partial charge in [-0.2, -0.15) is 0 Å². The van der Waals surface area contributed by atoms with E-state index in [4.69, 9.17) is 0 Å². The average molecular weight is 501 g/mol. The van der Waals surface area contributed by atoms with Crippen LogP contribution in [-0.2, 0) is 12.0 Å². The molecule has 0 spiro atoms. The summed E-state index contributed by atoms with van der Waals surface area (Å²) in [5.74, 6) is 0. The van der Waals surface area contributed by atoms with E-state index in [1.807, 2.05) is 0 Å². The highest BCUT2D eigenvalue weighted by atomic mass is 15.4. The van der Waals surface area contributed by atoms with Gasteiger partial charge < -0.3 is 4.48 Å². The molecule has 0 fully saturated rings. The maximum atomic E-state index is 2.48. The van der Waals surface area contributed by atoms with E-state index >= 15 is 0 Å². The Morgan fingerprint density at radius 3 is 1.39 bits per heavy atom. The minimum absolute atomic E-state index is 0.148. The van der Waals surface area contributed by atoms with Gasteiger partial charge in [0.05, 0.1) is 20.6 Å². The Morgan fingerprint density at radius 2 is 0.917 bits per heavy atom. The van der Waals surface area contributed by atoms with Crippen LogP contribution in [0.4, 0.5) is 0 Å². The lowest BCUT2D eigenvalue weighted by Gasteiger charge is -2.46. The zero-order chi connectivity index (χ0) is 26.5. The molecular weight excluding hydrogens is 434 g/mol. The number of hydrogen-bond donors (Lipinski definition) is 0. The molecule has 0 amide bonds. The fourth-order valence-electron chi connectivity index (χ4n) is 5.74. The molecule has 1 aromatic rings. The van der Waals surface area contributed by atoms with Gasteiger partial charge in [-0.3, -0.25) is 0 Å². The Bertz CT molecular complexity index is 629. The van der Waals surface area contributed by atoms with E-state index < -0.39 is 0 Å². The minimum atomic E-state index is 0.148. The van der Waals surface area contributed by atoms with E-state index in [9.17, 15) is 0 Å². The number of unbranched alkanes of at least 4 members (excludes halogenated alkanes) is 18. The molecule has 0 bridgehead atoms. The predicted octanol–water partition coefficient (Wildman–Crippen LogP) is 11.4. The van der Waals surface area contributed by atoms with Gasteiger partial charge in [0.25, 0.3) is 0 Å². The molecule has 36 heavy (non-hydrogen) atoms. The van der Waals surface area contributed by atoms with Crippen molar-refractivity contribution in [3.8, 4) is 0 Å². The van der Waals surface area contributed by atoms with Crippen LogP contribution in [0.5, 0.6) is 0 Å². The molecule has 0 atom stereocenters. The van der Waals surface area contributed by atoms with Gasteiger partial charge in [0, 0.05) is 5.56 Å². The van der Waals surface area contributed by atoms with Crippen molar-refractivity contribution >= 4 is 0 Å². The van der Waals surface area contributed by atoms with Crippen LogP contribution in [0, 0.1) is 0 Å². The predicted molar refractivity (Wildman–Crippen MR) is 164 cm³/mol. The van der Waals surface area contributed by atoms with Gasteiger partial charge in [-0.25, -0.2) is 0 Å². The summed E-state index contributed by atoms with van der Waals surface area (Å²) >= 11 is 0. The first kappa shape index (κ1) is 33.2. The third-order valence-electron chi connectivity index (χ3n) is 9.06. The lowest BCUT2D eigenvalue weighted by molar-refractivity contribution is -0.945. The van der Waals surface area contributed by atoms with Gasteiger partial charge >= 0.3 is 0 Å². The highest BCUT2D eigenvalue weighted by Gasteiger charge is 2.39. The maximum Gasteiger partial charge on any atom is 0.119 e. The van der Waals surface area contributed by atoms with Gasteiger partial charge in [0.15, 0.2) is 0 Å². The zero-order valence-corrected chi connectivity index (χ0v) is 25.8. The molecule has 0 aliphatic heterocycles. The van der Waals surface area contributed by atoms with Crippen LogP contribution in [0.2, 0.25) is 0 Å². The number of rotatable bonds is 24. The molecule has 0 aliphatic rings. The molecule has 0 aromatic heterocycles. The largest absolute Gasteiger partial charge is 0.320 e. The first-order chi connectivity index (χ1) is 17.4. The van der Waals surface area contributed by atoms with Crippen LogP contribution in [0.3, 0.4) is 0 Å². The first-order valence-electron chi connectivity index (χ1n) is 16.3. The van der Waals surface area contributed by atoms with Crippen LogP contribution < -0.4 is 0 Å². The van der Waals surface area contributed by atoms with E-state index in [1.54, 1.807) is 11.1 Å². The zero-order valence-electron chi connectivity index (χ0n) is 25.8. The van der Waals surface area contributed by atoms with Crippen molar-refractivity contribution in [2.75, 3.05) is 20.6 Å².